The number of carbonyl (C=O) groups excluding carboxylic acids is 4. The number of esters is 2. The molecular formula is C26H28ClN3O6. The lowest BCUT2D eigenvalue weighted by Gasteiger charge is -2.38. The van der Waals surface area contributed by atoms with E-state index >= 15 is 0 Å². The van der Waals surface area contributed by atoms with Crippen LogP contribution in [-0.2, 0) is 19.1 Å². The average molecular weight is 514 g/mol. The highest BCUT2D eigenvalue weighted by Gasteiger charge is 2.43. The summed E-state index contributed by atoms with van der Waals surface area (Å²) in [5.41, 5.74) is 1.30. The van der Waals surface area contributed by atoms with Gasteiger partial charge in [0.1, 0.15) is 0 Å². The van der Waals surface area contributed by atoms with E-state index < -0.39 is 23.9 Å². The van der Waals surface area contributed by atoms with Crippen LogP contribution in [0.4, 0.5) is 11.4 Å². The van der Waals surface area contributed by atoms with E-state index in [2.05, 4.69) is 4.90 Å². The molecular weight excluding hydrogens is 486 g/mol. The van der Waals surface area contributed by atoms with Crippen molar-refractivity contribution in [3.63, 3.8) is 0 Å². The third-order valence-corrected chi connectivity index (χ3v) is 6.48. The van der Waals surface area contributed by atoms with Crippen molar-refractivity contribution in [3.05, 3.63) is 58.6 Å². The zero-order valence-corrected chi connectivity index (χ0v) is 21.0. The number of imide groups is 1. The molecule has 0 N–H and O–H groups in total. The summed E-state index contributed by atoms with van der Waals surface area (Å²) in [5.74, 6) is -2.08. The molecule has 1 unspecified atom stereocenters. The summed E-state index contributed by atoms with van der Waals surface area (Å²) in [6.07, 6.45) is 0.0222. The van der Waals surface area contributed by atoms with Gasteiger partial charge in [-0.15, -0.1) is 0 Å². The summed E-state index contributed by atoms with van der Waals surface area (Å²) in [7, 11) is 0. The van der Waals surface area contributed by atoms with Gasteiger partial charge < -0.3 is 14.4 Å². The summed E-state index contributed by atoms with van der Waals surface area (Å²) in [4.78, 5) is 56.5. The highest BCUT2D eigenvalue weighted by molar-refractivity contribution is 6.30. The van der Waals surface area contributed by atoms with Crippen LogP contribution >= 0.6 is 11.6 Å². The molecule has 1 atom stereocenters. The van der Waals surface area contributed by atoms with Gasteiger partial charge in [0.05, 0.1) is 42.5 Å². The van der Waals surface area contributed by atoms with Crippen LogP contribution in [0.25, 0.3) is 0 Å². The van der Waals surface area contributed by atoms with Crippen molar-refractivity contribution in [1.29, 1.82) is 0 Å². The molecule has 0 spiro atoms. The lowest BCUT2D eigenvalue weighted by Crippen LogP contribution is -2.52. The Bertz CT molecular complexity index is 1140. The molecule has 2 aromatic carbocycles. The Morgan fingerprint density at radius 2 is 1.50 bits per heavy atom. The van der Waals surface area contributed by atoms with Gasteiger partial charge in [-0.2, -0.15) is 0 Å². The molecule has 2 amide bonds. The molecule has 2 aliphatic heterocycles. The number of amides is 2. The van der Waals surface area contributed by atoms with Crippen molar-refractivity contribution < 1.29 is 28.7 Å². The van der Waals surface area contributed by atoms with Gasteiger partial charge in [-0.25, -0.2) is 14.5 Å². The Labute approximate surface area is 214 Å². The summed E-state index contributed by atoms with van der Waals surface area (Å²) >= 11 is 6.12. The number of hydrogen-bond donors (Lipinski definition) is 0. The average Bonchev–Trinajstić information content (AvgIpc) is 3.17. The maximum atomic E-state index is 13.4. The number of carbonyl (C=O) groups is 4. The molecule has 2 aliphatic rings. The molecule has 0 radical (unpaired) electrons. The lowest BCUT2D eigenvalue weighted by molar-refractivity contribution is -0.123. The molecule has 2 saturated heterocycles. The smallest absolute Gasteiger partial charge is 0.338 e. The minimum Gasteiger partial charge on any atom is -0.462 e. The fourth-order valence-electron chi connectivity index (χ4n) is 4.54. The van der Waals surface area contributed by atoms with Crippen molar-refractivity contribution in [2.75, 3.05) is 49.2 Å². The van der Waals surface area contributed by atoms with E-state index in [1.54, 1.807) is 13.8 Å². The van der Waals surface area contributed by atoms with Gasteiger partial charge in [-0.1, -0.05) is 17.7 Å². The van der Waals surface area contributed by atoms with Crippen molar-refractivity contribution in [2.45, 2.75) is 26.3 Å². The van der Waals surface area contributed by atoms with E-state index in [9.17, 15) is 19.2 Å². The van der Waals surface area contributed by atoms with Crippen LogP contribution in [0.15, 0.2) is 42.5 Å². The first-order valence-electron chi connectivity index (χ1n) is 11.9. The normalized spacial score (nSPS) is 18.5. The number of piperazine rings is 1. The molecule has 36 heavy (non-hydrogen) atoms. The van der Waals surface area contributed by atoms with E-state index in [4.69, 9.17) is 21.1 Å². The first-order chi connectivity index (χ1) is 17.3. The highest BCUT2D eigenvalue weighted by Crippen LogP contribution is 2.30. The maximum absolute atomic E-state index is 13.4. The monoisotopic (exact) mass is 513 g/mol. The maximum Gasteiger partial charge on any atom is 0.338 e. The van der Waals surface area contributed by atoms with E-state index in [0.29, 0.717) is 31.2 Å². The molecule has 0 aliphatic carbocycles. The Kier molecular flexibility index (Phi) is 7.91. The van der Waals surface area contributed by atoms with Crippen LogP contribution in [-0.4, -0.2) is 74.1 Å². The molecule has 2 heterocycles. The predicted molar refractivity (Wildman–Crippen MR) is 134 cm³/mol. The minimum atomic E-state index is -0.655. The molecule has 0 saturated carbocycles. The second-order valence-corrected chi connectivity index (χ2v) is 8.94. The quantitative estimate of drug-likeness (QED) is 0.411. The number of nitrogens with zero attached hydrogens (tertiary/aromatic N) is 3. The molecule has 2 aromatic rings. The molecule has 9 nitrogen and oxygen atoms in total. The van der Waals surface area contributed by atoms with E-state index in [1.807, 2.05) is 29.2 Å². The van der Waals surface area contributed by atoms with Crippen LogP contribution in [0.2, 0.25) is 5.02 Å². The third-order valence-electron chi connectivity index (χ3n) is 6.25. The van der Waals surface area contributed by atoms with Crippen molar-refractivity contribution in [2.24, 2.45) is 0 Å². The summed E-state index contributed by atoms with van der Waals surface area (Å²) < 4.78 is 10.1. The summed E-state index contributed by atoms with van der Waals surface area (Å²) in [5, 5.41) is 0.661. The zero-order chi connectivity index (χ0) is 25.8. The van der Waals surface area contributed by atoms with Crippen LogP contribution in [0.3, 0.4) is 0 Å². The number of benzene rings is 2. The first-order valence-corrected chi connectivity index (χ1v) is 12.3. The van der Waals surface area contributed by atoms with Crippen LogP contribution in [0.5, 0.6) is 0 Å². The van der Waals surface area contributed by atoms with Gasteiger partial charge in [-0.05, 0) is 50.2 Å². The number of rotatable bonds is 7. The number of ether oxygens (including phenoxy) is 2. The molecule has 0 bridgehead atoms. The van der Waals surface area contributed by atoms with Gasteiger partial charge in [0.25, 0.3) is 5.91 Å². The second kappa shape index (κ2) is 11.1. The molecule has 190 valence electrons. The van der Waals surface area contributed by atoms with Crippen molar-refractivity contribution in [3.8, 4) is 0 Å². The topological polar surface area (TPSA) is 96.5 Å². The number of halogens is 1. The van der Waals surface area contributed by atoms with E-state index in [-0.39, 0.29) is 42.4 Å². The van der Waals surface area contributed by atoms with Crippen LogP contribution < -0.4 is 9.80 Å². The number of hydrogen-bond acceptors (Lipinski definition) is 8. The van der Waals surface area contributed by atoms with E-state index in [1.165, 1.54) is 18.2 Å². The Balaban J connectivity index is 1.53. The first kappa shape index (κ1) is 25.7. The third kappa shape index (κ3) is 5.37. The lowest BCUT2D eigenvalue weighted by atomic mass is 10.1. The molecule has 4 rings (SSSR count). The summed E-state index contributed by atoms with van der Waals surface area (Å²) in [6, 6.07) is 11.1. The van der Waals surface area contributed by atoms with Crippen molar-refractivity contribution in [1.82, 2.24) is 4.90 Å². The SMILES string of the molecule is CCOC(=O)c1cc(C(=O)OCC)cc(N2C(=O)CC(N3CCN(c4cccc(Cl)c4)CC3)C2=O)c1. The Hall–Kier alpha value is -3.43. The minimum absolute atomic E-state index is 0.0222. The molecule has 0 aromatic heterocycles. The van der Waals surface area contributed by atoms with Gasteiger partial charge in [-0.3, -0.25) is 14.5 Å². The Morgan fingerprint density at radius 3 is 2.06 bits per heavy atom. The van der Waals surface area contributed by atoms with Gasteiger partial charge in [0.15, 0.2) is 0 Å². The second-order valence-electron chi connectivity index (χ2n) is 8.50. The zero-order valence-electron chi connectivity index (χ0n) is 20.2. The fourth-order valence-corrected chi connectivity index (χ4v) is 4.73. The Morgan fingerprint density at radius 1 is 0.889 bits per heavy atom. The predicted octanol–water partition coefficient (Wildman–Crippen LogP) is 3.15. The standard InChI is InChI=1S/C26H28ClN3O6/c1-3-35-25(33)17-12-18(26(34)36-4-2)14-21(13-17)30-23(31)16-22(24(30)32)29-10-8-28(9-11-29)20-7-5-6-19(27)15-20/h5-7,12-15,22H,3-4,8-11,16H2,1-2H3. The molecule has 10 heteroatoms. The largest absolute Gasteiger partial charge is 0.462 e. The summed E-state index contributed by atoms with van der Waals surface area (Å²) in [6.45, 7) is 6.18. The van der Waals surface area contributed by atoms with Crippen LogP contribution in [0.1, 0.15) is 41.0 Å². The van der Waals surface area contributed by atoms with Gasteiger partial charge in [0, 0.05) is 36.9 Å². The highest BCUT2D eigenvalue weighted by atomic mass is 35.5. The number of anilines is 2. The molecule has 2 fully saturated rings. The van der Waals surface area contributed by atoms with E-state index in [0.717, 1.165) is 10.6 Å². The van der Waals surface area contributed by atoms with Gasteiger partial charge >= 0.3 is 11.9 Å². The van der Waals surface area contributed by atoms with Gasteiger partial charge in [0.2, 0.25) is 5.91 Å². The fraction of sp³-hybridized carbons (Fsp3) is 0.385. The van der Waals surface area contributed by atoms with Crippen LogP contribution in [0, 0.1) is 0 Å². The van der Waals surface area contributed by atoms with Crippen molar-refractivity contribution >= 4 is 46.7 Å².